The number of likely N-dealkylation sites (N-methyl/N-ethyl adjacent to an activating group) is 1. The standard InChI is InChI=1S/C12H20N4/c1-10-8-15(2)5-6-16(10)9-12-4-3-11(13)7-14-12/h3-4,7,10H,5-6,8-9,13H2,1-2H3. The van der Waals surface area contributed by atoms with Crippen molar-refractivity contribution in [3.63, 3.8) is 0 Å². The zero-order chi connectivity index (χ0) is 11.5. The van der Waals surface area contributed by atoms with Crippen LogP contribution in [0.4, 0.5) is 5.69 Å². The van der Waals surface area contributed by atoms with Crippen LogP contribution in [0.3, 0.4) is 0 Å². The van der Waals surface area contributed by atoms with E-state index in [-0.39, 0.29) is 0 Å². The Morgan fingerprint density at radius 2 is 2.25 bits per heavy atom. The van der Waals surface area contributed by atoms with Gasteiger partial charge in [0.25, 0.3) is 0 Å². The van der Waals surface area contributed by atoms with Crippen molar-refractivity contribution >= 4 is 5.69 Å². The molecule has 4 nitrogen and oxygen atoms in total. The predicted molar refractivity (Wildman–Crippen MR) is 66.0 cm³/mol. The van der Waals surface area contributed by atoms with Gasteiger partial charge in [-0.25, -0.2) is 0 Å². The molecule has 1 fully saturated rings. The lowest BCUT2D eigenvalue weighted by atomic mass is 10.2. The largest absolute Gasteiger partial charge is 0.397 e. The highest BCUT2D eigenvalue weighted by Crippen LogP contribution is 2.12. The molecule has 0 aliphatic carbocycles. The molecule has 1 atom stereocenters. The van der Waals surface area contributed by atoms with Crippen molar-refractivity contribution in [1.29, 1.82) is 0 Å². The number of pyridine rings is 1. The van der Waals surface area contributed by atoms with E-state index < -0.39 is 0 Å². The number of hydrogen-bond acceptors (Lipinski definition) is 4. The summed E-state index contributed by atoms with van der Waals surface area (Å²) in [6.07, 6.45) is 1.73. The molecular weight excluding hydrogens is 200 g/mol. The monoisotopic (exact) mass is 220 g/mol. The molecule has 88 valence electrons. The Morgan fingerprint density at radius 3 is 2.88 bits per heavy atom. The average molecular weight is 220 g/mol. The Labute approximate surface area is 97.1 Å². The smallest absolute Gasteiger partial charge is 0.0545 e. The third-order valence-electron chi connectivity index (χ3n) is 3.18. The third kappa shape index (κ3) is 2.71. The molecule has 4 heteroatoms. The van der Waals surface area contributed by atoms with E-state index in [0.717, 1.165) is 37.6 Å². The lowest BCUT2D eigenvalue weighted by Crippen LogP contribution is -2.49. The van der Waals surface area contributed by atoms with Gasteiger partial charge in [0.05, 0.1) is 17.6 Å². The summed E-state index contributed by atoms with van der Waals surface area (Å²) in [5, 5.41) is 0. The van der Waals surface area contributed by atoms with E-state index in [2.05, 4.69) is 28.8 Å². The summed E-state index contributed by atoms with van der Waals surface area (Å²) in [6, 6.07) is 4.53. The van der Waals surface area contributed by atoms with Crippen LogP contribution in [0.2, 0.25) is 0 Å². The van der Waals surface area contributed by atoms with Crippen LogP contribution in [-0.4, -0.2) is 47.5 Å². The summed E-state index contributed by atoms with van der Waals surface area (Å²) < 4.78 is 0. The molecule has 2 N–H and O–H groups in total. The van der Waals surface area contributed by atoms with Crippen LogP contribution in [0.25, 0.3) is 0 Å². The zero-order valence-corrected chi connectivity index (χ0v) is 10.1. The molecule has 0 spiro atoms. The molecule has 0 radical (unpaired) electrons. The van der Waals surface area contributed by atoms with Gasteiger partial charge in [-0.1, -0.05) is 0 Å². The maximum absolute atomic E-state index is 5.62. The summed E-state index contributed by atoms with van der Waals surface area (Å²) >= 11 is 0. The number of nitrogens with zero attached hydrogens (tertiary/aromatic N) is 3. The summed E-state index contributed by atoms with van der Waals surface area (Å²) in [5.74, 6) is 0. The molecule has 0 aromatic carbocycles. The van der Waals surface area contributed by atoms with Crippen molar-refractivity contribution in [2.24, 2.45) is 0 Å². The zero-order valence-electron chi connectivity index (χ0n) is 10.1. The lowest BCUT2D eigenvalue weighted by molar-refractivity contribution is 0.0927. The van der Waals surface area contributed by atoms with Gasteiger partial charge in [0.1, 0.15) is 0 Å². The fourth-order valence-electron chi connectivity index (χ4n) is 2.15. The first-order valence-electron chi connectivity index (χ1n) is 5.78. The van der Waals surface area contributed by atoms with Crippen LogP contribution in [0.1, 0.15) is 12.6 Å². The first-order valence-corrected chi connectivity index (χ1v) is 5.78. The summed E-state index contributed by atoms with van der Waals surface area (Å²) in [7, 11) is 2.18. The summed E-state index contributed by atoms with van der Waals surface area (Å²) in [5.41, 5.74) is 7.46. The van der Waals surface area contributed by atoms with Crippen LogP contribution in [-0.2, 0) is 6.54 Å². The first-order chi connectivity index (χ1) is 7.65. The molecule has 0 amide bonds. The molecule has 2 rings (SSSR count). The van der Waals surface area contributed by atoms with E-state index in [4.69, 9.17) is 5.73 Å². The number of anilines is 1. The minimum atomic E-state index is 0.595. The molecule has 0 saturated carbocycles. The predicted octanol–water partition coefficient (Wildman–Crippen LogP) is 0.800. The Hall–Kier alpha value is -1.13. The normalized spacial score (nSPS) is 23.5. The number of nitrogens with two attached hydrogens (primary N) is 1. The Morgan fingerprint density at radius 1 is 1.44 bits per heavy atom. The van der Waals surface area contributed by atoms with Gasteiger partial charge < -0.3 is 10.6 Å². The minimum Gasteiger partial charge on any atom is -0.397 e. The van der Waals surface area contributed by atoms with E-state index in [1.165, 1.54) is 0 Å². The fraction of sp³-hybridized carbons (Fsp3) is 0.583. The molecule has 1 aromatic rings. The van der Waals surface area contributed by atoms with Crippen LogP contribution < -0.4 is 5.73 Å². The second-order valence-corrected chi connectivity index (χ2v) is 4.66. The van der Waals surface area contributed by atoms with Gasteiger partial charge >= 0.3 is 0 Å². The molecular formula is C12H20N4. The summed E-state index contributed by atoms with van der Waals surface area (Å²) in [6.45, 7) is 6.58. The van der Waals surface area contributed by atoms with Crippen molar-refractivity contribution < 1.29 is 0 Å². The second kappa shape index (κ2) is 4.80. The first kappa shape index (κ1) is 11.4. The quantitative estimate of drug-likeness (QED) is 0.801. The molecule has 1 unspecified atom stereocenters. The molecule has 1 aliphatic heterocycles. The highest BCUT2D eigenvalue weighted by molar-refractivity contribution is 5.34. The highest BCUT2D eigenvalue weighted by Gasteiger charge is 2.21. The third-order valence-corrected chi connectivity index (χ3v) is 3.18. The van der Waals surface area contributed by atoms with Crippen LogP contribution in [0.5, 0.6) is 0 Å². The maximum Gasteiger partial charge on any atom is 0.0545 e. The van der Waals surface area contributed by atoms with Crippen LogP contribution in [0.15, 0.2) is 18.3 Å². The second-order valence-electron chi connectivity index (χ2n) is 4.66. The Balaban J connectivity index is 1.96. The van der Waals surface area contributed by atoms with E-state index in [1.54, 1.807) is 6.20 Å². The van der Waals surface area contributed by atoms with Gasteiger partial charge in [0, 0.05) is 32.2 Å². The summed E-state index contributed by atoms with van der Waals surface area (Å²) in [4.78, 5) is 9.19. The minimum absolute atomic E-state index is 0.595. The van der Waals surface area contributed by atoms with E-state index in [1.807, 2.05) is 12.1 Å². The van der Waals surface area contributed by atoms with Crippen molar-refractivity contribution in [2.45, 2.75) is 19.5 Å². The fourth-order valence-corrected chi connectivity index (χ4v) is 2.15. The van der Waals surface area contributed by atoms with E-state index in [9.17, 15) is 0 Å². The average Bonchev–Trinajstić information content (AvgIpc) is 2.25. The van der Waals surface area contributed by atoms with Crippen LogP contribution in [0, 0.1) is 0 Å². The van der Waals surface area contributed by atoms with E-state index in [0.29, 0.717) is 6.04 Å². The van der Waals surface area contributed by atoms with Crippen molar-refractivity contribution in [2.75, 3.05) is 32.4 Å². The van der Waals surface area contributed by atoms with Gasteiger partial charge in [-0.3, -0.25) is 9.88 Å². The topological polar surface area (TPSA) is 45.4 Å². The number of piperazine rings is 1. The van der Waals surface area contributed by atoms with Crippen molar-refractivity contribution in [3.05, 3.63) is 24.0 Å². The van der Waals surface area contributed by atoms with Gasteiger partial charge in [0.2, 0.25) is 0 Å². The van der Waals surface area contributed by atoms with Gasteiger partial charge in [-0.2, -0.15) is 0 Å². The number of aromatic nitrogens is 1. The van der Waals surface area contributed by atoms with Gasteiger partial charge in [-0.15, -0.1) is 0 Å². The SMILES string of the molecule is CC1CN(C)CCN1Cc1ccc(N)cn1. The molecule has 2 heterocycles. The van der Waals surface area contributed by atoms with Crippen molar-refractivity contribution in [3.8, 4) is 0 Å². The van der Waals surface area contributed by atoms with Gasteiger partial charge in [-0.05, 0) is 26.1 Å². The van der Waals surface area contributed by atoms with Crippen LogP contribution >= 0.6 is 0 Å². The molecule has 1 aromatic heterocycles. The molecule has 0 bridgehead atoms. The maximum atomic E-state index is 5.62. The van der Waals surface area contributed by atoms with Crippen molar-refractivity contribution in [1.82, 2.24) is 14.8 Å². The Kier molecular flexibility index (Phi) is 3.41. The van der Waals surface area contributed by atoms with E-state index >= 15 is 0 Å². The number of hydrogen-bond donors (Lipinski definition) is 1. The lowest BCUT2D eigenvalue weighted by Gasteiger charge is -2.37. The number of rotatable bonds is 2. The van der Waals surface area contributed by atoms with Gasteiger partial charge in [0.15, 0.2) is 0 Å². The Bertz CT molecular complexity index is 335. The number of nitrogen functional groups attached to an aromatic ring is 1. The molecule has 16 heavy (non-hydrogen) atoms. The molecule has 1 aliphatic rings. The molecule has 1 saturated heterocycles. The highest BCUT2D eigenvalue weighted by atomic mass is 15.3.